The highest BCUT2D eigenvalue weighted by Gasteiger charge is 1.82. The molecular weight excluding hydrogens is 126 g/mol. The van der Waals surface area contributed by atoms with E-state index in [0.29, 0.717) is 6.54 Å². The van der Waals surface area contributed by atoms with Crippen LogP contribution in [0, 0.1) is 0 Å². The van der Waals surface area contributed by atoms with Crippen LogP contribution in [0.25, 0.3) is 6.08 Å². The van der Waals surface area contributed by atoms with Crippen molar-refractivity contribution >= 4 is 6.08 Å². The van der Waals surface area contributed by atoms with Crippen molar-refractivity contribution in [1.29, 1.82) is 0 Å². The standard InChI is InChI=1S/C7H11N3/c8-4-2-1-3-7-5-9-6-10-7/h1,3,5-6H,2,4,8H2,(H,9,10). The average molecular weight is 137 g/mol. The Morgan fingerprint density at radius 3 is 3.20 bits per heavy atom. The summed E-state index contributed by atoms with van der Waals surface area (Å²) in [7, 11) is 0. The first-order chi connectivity index (χ1) is 4.93. The summed E-state index contributed by atoms with van der Waals surface area (Å²) in [5.74, 6) is 0. The van der Waals surface area contributed by atoms with Crippen LogP contribution in [0.2, 0.25) is 0 Å². The van der Waals surface area contributed by atoms with E-state index in [4.69, 9.17) is 5.73 Å². The molecule has 1 aromatic rings. The van der Waals surface area contributed by atoms with Gasteiger partial charge in [-0.25, -0.2) is 4.98 Å². The van der Waals surface area contributed by atoms with Crippen LogP contribution in [0.1, 0.15) is 12.1 Å². The smallest absolute Gasteiger partial charge is 0.0924 e. The van der Waals surface area contributed by atoms with E-state index < -0.39 is 0 Å². The Morgan fingerprint density at radius 2 is 2.60 bits per heavy atom. The number of rotatable bonds is 3. The Labute approximate surface area is 60.0 Å². The lowest BCUT2D eigenvalue weighted by Crippen LogP contribution is -1.94. The van der Waals surface area contributed by atoms with Gasteiger partial charge in [-0.05, 0) is 19.0 Å². The lowest BCUT2D eigenvalue weighted by atomic mass is 10.3. The zero-order valence-corrected chi connectivity index (χ0v) is 5.75. The maximum atomic E-state index is 5.29. The highest BCUT2D eigenvalue weighted by Crippen LogP contribution is 1.94. The quantitative estimate of drug-likeness (QED) is 0.646. The Bertz CT molecular complexity index is 189. The van der Waals surface area contributed by atoms with Gasteiger partial charge in [0.1, 0.15) is 0 Å². The largest absolute Gasteiger partial charge is 0.345 e. The van der Waals surface area contributed by atoms with Gasteiger partial charge in [0.2, 0.25) is 0 Å². The van der Waals surface area contributed by atoms with Crippen molar-refractivity contribution in [2.24, 2.45) is 5.73 Å². The normalized spacial score (nSPS) is 10.9. The van der Waals surface area contributed by atoms with E-state index in [1.165, 1.54) is 0 Å². The Kier molecular flexibility index (Phi) is 2.70. The molecule has 3 N–H and O–H groups in total. The number of imidazole rings is 1. The molecule has 0 amide bonds. The maximum absolute atomic E-state index is 5.29. The predicted molar refractivity (Wildman–Crippen MR) is 41.3 cm³/mol. The molecule has 0 bridgehead atoms. The topological polar surface area (TPSA) is 54.7 Å². The number of aromatic amines is 1. The van der Waals surface area contributed by atoms with Gasteiger partial charge in [0, 0.05) is 0 Å². The Balaban J connectivity index is 2.40. The fourth-order valence-corrected chi connectivity index (χ4v) is 0.664. The number of nitrogens with one attached hydrogen (secondary N) is 1. The van der Waals surface area contributed by atoms with Crippen molar-refractivity contribution < 1.29 is 0 Å². The molecule has 0 spiro atoms. The van der Waals surface area contributed by atoms with E-state index in [0.717, 1.165) is 12.1 Å². The number of H-pyrrole nitrogens is 1. The molecule has 0 fully saturated rings. The van der Waals surface area contributed by atoms with Crippen LogP contribution < -0.4 is 5.73 Å². The molecule has 0 unspecified atom stereocenters. The fraction of sp³-hybridized carbons (Fsp3) is 0.286. The molecule has 0 aliphatic heterocycles. The molecule has 1 heterocycles. The van der Waals surface area contributed by atoms with Crippen molar-refractivity contribution in [3.63, 3.8) is 0 Å². The van der Waals surface area contributed by atoms with Gasteiger partial charge in [-0.15, -0.1) is 0 Å². The molecular formula is C7H11N3. The molecule has 54 valence electrons. The van der Waals surface area contributed by atoms with Crippen LogP contribution in [0.5, 0.6) is 0 Å². The van der Waals surface area contributed by atoms with E-state index in [9.17, 15) is 0 Å². The third kappa shape index (κ3) is 2.03. The van der Waals surface area contributed by atoms with Crippen molar-refractivity contribution in [2.75, 3.05) is 6.54 Å². The van der Waals surface area contributed by atoms with Crippen LogP contribution in [0.4, 0.5) is 0 Å². The monoisotopic (exact) mass is 137 g/mol. The van der Waals surface area contributed by atoms with Crippen molar-refractivity contribution in [2.45, 2.75) is 6.42 Å². The molecule has 3 heteroatoms. The van der Waals surface area contributed by atoms with Gasteiger partial charge >= 0.3 is 0 Å². The van der Waals surface area contributed by atoms with Gasteiger partial charge in [0.05, 0.1) is 18.2 Å². The maximum Gasteiger partial charge on any atom is 0.0924 e. The zero-order chi connectivity index (χ0) is 7.23. The second-order valence-electron chi connectivity index (χ2n) is 1.99. The minimum atomic E-state index is 0.699. The van der Waals surface area contributed by atoms with Crippen LogP contribution in [0.3, 0.4) is 0 Å². The van der Waals surface area contributed by atoms with Crippen LogP contribution >= 0.6 is 0 Å². The second-order valence-corrected chi connectivity index (χ2v) is 1.99. The molecule has 0 saturated carbocycles. The first kappa shape index (κ1) is 7.02. The fourth-order valence-electron chi connectivity index (χ4n) is 0.664. The predicted octanol–water partition coefficient (Wildman–Crippen LogP) is 0.772. The van der Waals surface area contributed by atoms with E-state index in [2.05, 4.69) is 9.97 Å². The third-order valence-corrected chi connectivity index (χ3v) is 1.15. The van der Waals surface area contributed by atoms with E-state index in [1.54, 1.807) is 12.5 Å². The summed E-state index contributed by atoms with van der Waals surface area (Å²) in [6.07, 6.45) is 8.33. The first-order valence-electron chi connectivity index (χ1n) is 3.28. The number of hydrogen-bond acceptors (Lipinski definition) is 2. The Hall–Kier alpha value is -1.09. The first-order valence-corrected chi connectivity index (χ1v) is 3.28. The van der Waals surface area contributed by atoms with Gasteiger partial charge in [0.15, 0.2) is 0 Å². The molecule has 0 aliphatic rings. The Morgan fingerprint density at radius 1 is 1.70 bits per heavy atom. The zero-order valence-electron chi connectivity index (χ0n) is 5.75. The molecule has 1 rings (SSSR count). The molecule has 0 saturated heterocycles. The molecule has 0 aliphatic carbocycles. The van der Waals surface area contributed by atoms with E-state index in [1.807, 2.05) is 12.2 Å². The van der Waals surface area contributed by atoms with Crippen molar-refractivity contribution in [3.05, 3.63) is 24.3 Å². The summed E-state index contributed by atoms with van der Waals surface area (Å²) in [4.78, 5) is 6.82. The van der Waals surface area contributed by atoms with Crippen LogP contribution in [-0.2, 0) is 0 Å². The van der Waals surface area contributed by atoms with Crippen molar-refractivity contribution in [3.8, 4) is 0 Å². The molecule has 3 nitrogen and oxygen atoms in total. The van der Waals surface area contributed by atoms with Gasteiger partial charge in [-0.2, -0.15) is 0 Å². The van der Waals surface area contributed by atoms with Crippen LogP contribution in [0.15, 0.2) is 18.6 Å². The van der Waals surface area contributed by atoms with Gasteiger partial charge in [-0.3, -0.25) is 0 Å². The third-order valence-electron chi connectivity index (χ3n) is 1.15. The summed E-state index contributed by atoms with van der Waals surface area (Å²) in [6.45, 7) is 0.699. The molecule has 0 atom stereocenters. The number of nitrogens with zero attached hydrogens (tertiary/aromatic N) is 1. The summed E-state index contributed by atoms with van der Waals surface area (Å²) in [5, 5.41) is 0. The van der Waals surface area contributed by atoms with E-state index in [-0.39, 0.29) is 0 Å². The summed E-state index contributed by atoms with van der Waals surface area (Å²) in [5.41, 5.74) is 6.31. The highest BCUT2D eigenvalue weighted by atomic mass is 14.8. The van der Waals surface area contributed by atoms with Crippen LogP contribution in [-0.4, -0.2) is 16.5 Å². The summed E-state index contributed by atoms with van der Waals surface area (Å²) in [6, 6.07) is 0. The number of hydrogen-bond donors (Lipinski definition) is 2. The van der Waals surface area contributed by atoms with Gasteiger partial charge in [-0.1, -0.05) is 6.08 Å². The second kappa shape index (κ2) is 3.85. The molecule has 0 radical (unpaired) electrons. The lowest BCUT2D eigenvalue weighted by Gasteiger charge is -1.83. The highest BCUT2D eigenvalue weighted by molar-refractivity contribution is 5.42. The summed E-state index contributed by atoms with van der Waals surface area (Å²) >= 11 is 0. The van der Waals surface area contributed by atoms with Gasteiger partial charge < -0.3 is 10.7 Å². The summed E-state index contributed by atoms with van der Waals surface area (Å²) < 4.78 is 0. The average Bonchev–Trinajstić information content (AvgIpc) is 2.41. The lowest BCUT2D eigenvalue weighted by molar-refractivity contribution is 1.01. The number of aromatic nitrogens is 2. The van der Waals surface area contributed by atoms with E-state index >= 15 is 0 Å². The minimum Gasteiger partial charge on any atom is -0.345 e. The minimum absolute atomic E-state index is 0.699. The van der Waals surface area contributed by atoms with Gasteiger partial charge in [0.25, 0.3) is 0 Å². The van der Waals surface area contributed by atoms with Crippen molar-refractivity contribution in [1.82, 2.24) is 9.97 Å². The molecule has 1 aromatic heterocycles. The number of nitrogens with two attached hydrogens (primary N) is 1. The molecule has 0 aromatic carbocycles. The molecule has 10 heavy (non-hydrogen) atoms. The SMILES string of the molecule is NCCC=Cc1cnc[nH]1.